The fraction of sp³-hybridized carbons (Fsp3) is 0.0455. The maximum atomic E-state index is 12.6. The normalized spacial score (nSPS) is 12.9. The summed E-state index contributed by atoms with van der Waals surface area (Å²) in [5.41, 5.74) is 2.55. The number of nitrogens with zero attached hydrogens (tertiary/aromatic N) is 2. The van der Waals surface area contributed by atoms with Crippen LogP contribution in [0.1, 0.15) is 31.1 Å². The molecule has 3 aromatic rings. The zero-order valence-electron chi connectivity index (χ0n) is 14.6. The predicted octanol–water partition coefficient (Wildman–Crippen LogP) is 3.76. The van der Waals surface area contributed by atoms with Crippen LogP contribution >= 0.6 is 0 Å². The summed E-state index contributed by atoms with van der Waals surface area (Å²) in [4.78, 5) is 40.4. The molecular weight excluding hydrogens is 340 g/mol. The molecule has 0 aromatic heterocycles. The Morgan fingerprint density at radius 1 is 0.741 bits per heavy atom. The van der Waals surface area contributed by atoms with Crippen LogP contribution in [0.15, 0.2) is 78.9 Å². The van der Waals surface area contributed by atoms with E-state index in [1.54, 1.807) is 67.7 Å². The van der Waals surface area contributed by atoms with Gasteiger partial charge in [0.05, 0.1) is 16.8 Å². The number of hydrogen-bond donors (Lipinski definition) is 0. The lowest BCUT2D eigenvalue weighted by atomic mass is 10.1. The zero-order valence-corrected chi connectivity index (χ0v) is 14.6. The second-order valence-corrected chi connectivity index (χ2v) is 6.24. The van der Waals surface area contributed by atoms with Crippen LogP contribution in [0.25, 0.3) is 0 Å². The maximum absolute atomic E-state index is 12.6. The van der Waals surface area contributed by atoms with Crippen molar-refractivity contribution in [3.05, 3.63) is 95.6 Å². The third kappa shape index (κ3) is 2.79. The van der Waals surface area contributed by atoms with Crippen LogP contribution in [0.2, 0.25) is 0 Å². The average molecular weight is 356 g/mol. The summed E-state index contributed by atoms with van der Waals surface area (Å²) in [7, 11) is 1.69. The van der Waals surface area contributed by atoms with Crippen molar-refractivity contribution in [2.75, 3.05) is 16.8 Å². The fourth-order valence-corrected chi connectivity index (χ4v) is 3.14. The molecule has 132 valence electrons. The average Bonchev–Trinajstić information content (AvgIpc) is 2.98. The van der Waals surface area contributed by atoms with E-state index in [1.165, 1.54) is 4.90 Å². The standard InChI is InChI=1S/C22H16N2O3/c1-23(20(25)15-7-3-2-4-8-15)16-11-13-17(14-12-16)24-21(26)18-9-5-6-10-19(18)22(24)27/h2-14H,1H3. The Morgan fingerprint density at radius 3 is 1.81 bits per heavy atom. The van der Waals surface area contributed by atoms with Gasteiger partial charge in [0, 0.05) is 18.3 Å². The Labute approximate surface area is 156 Å². The van der Waals surface area contributed by atoms with Gasteiger partial charge in [-0.15, -0.1) is 0 Å². The minimum Gasteiger partial charge on any atom is -0.311 e. The Balaban J connectivity index is 1.59. The Kier molecular flexibility index (Phi) is 4.05. The number of amides is 3. The van der Waals surface area contributed by atoms with Gasteiger partial charge in [-0.1, -0.05) is 30.3 Å². The van der Waals surface area contributed by atoms with Crippen LogP contribution in [0.4, 0.5) is 11.4 Å². The summed E-state index contributed by atoms with van der Waals surface area (Å²) in [6.07, 6.45) is 0. The van der Waals surface area contributed by atoms with Gasteiger partial charge in [-0.3, -0.25) is 14.4 Å². The van der Waals surface area contributed by atoms with E-state index in [0.717, 1.165) is 4.90 Å². The molecule has 0 N–H and O–H groups in total. The van der Waals surface area contributed by atoms with Gasteiger partial charge >= 0.3 is 0 Å². The van der Waals surface area contributed by atoms with E-state index in [-0.39, 0.29) is 17.7 Å². The molecule has 5 nitrogen and oxygen atoms in total. The largest absolute Gasteiger partial charge is 0.311 e. The highest BCUT2D eigenvalue weighted by molar-refractivity contribution is 6.34. The summed E-state index contributed by atoms with van der Waals surface area (Å²) in [6, 6.07) is 22.6. The van der Waals surface area contributed by atoms with Gasteiger partial charge in [-0.25, -0.2) is 4.90 Å². The summed E-state index contributed by atoms with van der Waals surface area (Å²) in [5.74, 6) is -0.807. The molecule has 0 unspecified atom stereocenters. The van der Waals surface area contributed by atoms with Gasteiger partial charge in [0.25, 0.3) is 17.7 Å². The van der Waals surface area contributed by atoms with E-state index >= 15 is 0 Å². The first-order valence-electron chi connectivity index (χ1n) is 8.49. The molecule has 3 amide bonds. The number of imide groups is 1. The van der Waals surface area contributed by atoms with Crippen LogP contribution in [0, 0.1) is 0 Å². The second-order valence-electron chi connectivity index (χ2n) is 6.24. The highest BCUT2D eigenvalue weighted by Crippen LogP contribution is 2.29. The van der Waals surface area contributed by atoms with E-state index in [1.807, 2.05) is 18.2 Å². The van der Waals surface area contributed by atoms with Gasteiger partial charge in [-0.2, -0.15) is 0 Å². The molecule has 0 aliphatic carbocycles. The minimum atomic E-state index is -0.336. The fourth-order valence-electron chi connectivity index (χ4n) is 3.14. The van der Waals surface area contributed by atoms with E-state index in [2.05, 4.69) is 0 Å². The van der Waals surface area contributed by atoms with Crippen molar-refractivity contribution < 1.29 is 14.4 Å². The van der Waals surface area contributed by atoms with Crippen LogP contribution < -0.4 is 9.80 Å². The lowest BCUT2D eigenvalue weighted by Gasteiger charge is -2.19. The Morgan fingerprint density at radius 2 is 1.26 bits per heavy atom. The first kappa shape index (κ1) is 16.7. The van der Waals surface area contributed by atoms with Crippen LogP contribution in [0.5, 0.6) is 0 Å². The molecular formula is C22H16N2O3. The van der Waals surface area contributed by atoms with Crippen LogP contribution in [-0.4, -0.2) is 24.8 Å². The summed E-state index contributed by atoms with van der Waals surface area (Å²) in [5, 5.41) is 0. The first-order chi connectivity index (χ1) is 13.1. The van der Waals surface area contributed by atoms with Gasteiger partial charge in [-0.05, 0) is 48.5 Å². The number of fused-ring (bicyclic) bond motifs is 1. The molecule has 0 spiro atoms. The minimum absolute atomic E-state index is 0.135. The first-order valence-corrected chi connectivity index (χ1v) is 8.49. The zero-order chi connectivity index (χ0) is 19.0. The second kappa shape index (κ2) is 6.53. The molecule has 0 radical (unpaired) electrons. The van der Waals surface area contributed by atoms with Crippen molar-refractivity contribution in [3.8, 4) is 0 Å². The molecule has 1 aliphatic heterocycles. The van der Waals surface area contributed by atoms with Crippen LogP contribution in [-0.2, 0) is 0 Å². The van der Waals surface area contributed by atoms with Crippen molar-refractivity contribution in [1.82, 2.24) is 0 Å². The summed E-state index contributed by atoms with van der Waals surface area (Å²) >= 11 is 0. The molecule has 0 fully saturated rings. The number of carbonyl (C=O) groups excluding carboxylic acids is 3. The summed E-state index contributed by atoms with van der Waals surface area (Å²) < 4.78 is 0. The van der Waals surface area contributed by atoms with Crippen LogP contribution in [0.3, 0.4) is 0 Å². The van der Waals surface area contributed by atoms with Crippen molar-refractivity contribution in [3.63, 3.8) is 0 Å². The van der Waals surface area contributed by atoms with Crippen molar-refractivity contribution in [1.29, 1.82) is 0 Å². The van der Waals surface area contributed by atoms with Crippen molar-refractivity contribution in [2.45, 2.75) is 0 Å². The van der Waals surface area contributed by atoms with E-state index in [4.69, 9.17) is 0 Å². The Hall–Kier alpha value is -3.73. The molecule has 27 heavy (non-hydrogen) atoms. The molecule has 1 aliphatic rings. The van der Waals surface area contributed by atoms with Gasteiger partial charge < -0.3 is 4.90 Å². The predicted molar refractivity (Wildman–Crippen MR) is 103 cm³/mol. The highest BCUT2D eigenvalue weighted by atomic mass is 16.2. The highest BCUT2D eigenvalue weighted by Gasteiger charge is 2.36. The number of rotatable bonds is 3. The number of carbonyl (C=O) groups is 3. The third-order valence-corrected chi connectivity index (χ3v) is 4.61. The third-order valence-electron chi connectivity index (χ3n) is 4.61. The molecule has 0 saturated heterocycles. The molecule has 0 bridgehead atoms. The topological polar surface area (TPSA) is 57.7 Å². The van der Waals surface area contributed by atoms with E-state index in [0.29, 0.717) is 28.1 Å². The molecule has 0 saturated carbocycles. The molecule has 3 aromatic carbocycles. The lowest BCUT2D eigenvalue weighted by Crippen LogP contribution is -2.29. The molecule has 5 heteroatoms. The quantitative estimate of drug-likeness (QED) is 0.672. The van der Waals surface area contributed by atoms with Gasteiger partial charge in [0.1, 0.15) is 0 Å². The summed E-state index contributed by atoms with van der Waals surface area (Å²) in [6.45, 7) is 0. The van der Waals surface area contributed by atoms with E-state index in [9.17, 15) is 14.4 Å². The molecule has 4 rings (SSSR count). The van der Waals surface area contributed by atoms with Crippen molar-refractivity contribution in [2.24, 2.45) is 0 Å². The Bertz CT molecular complexity index is 1010. The molecule has 1 heterocycles. The SMILES string of the molecule is CN(C(=O)c1ccccc1)c1ccc(N2C(=O)c3ccccc3C2=O)cc1. The number of anilines is 2. The lowest BCUT2D eigenvalue weighted by molar-refractivity contribution is 0.0924. The molecule has 0 atom stereocenters. The number of hydrogen-bond acceptors (Lipinski definition) is 3. The monoisotopic (exact) mass is 356 g/mol. The van der Waals surface area contributed by atoms with Gasteiger partial charge in [0.2, 0.25) is 0 Å². The van der Waals surface area contributed by atoms with Gasteiger partial charge in [0.15, 0.2) is 0 Å². The van der Waals surface area contributed by atoms with Crippen molar-refractivity contribution >= 4 is 29.1 Å². The number of benzene rings is 3. The smallest absolute Gasteiger partial charge is 0.266 e. The van der Waals surface area contributed by atoms with E-state index < -0.39 is 0 Å². The maximum Gasteiger partial charge on any atom is 0.266 e.